The lowest BCUT2D eigenvalue weighted by Crippen LogP contribution is -2.29. The molecule has 0 bridgehead atoms. The molecule has 116 valence electrons. The van der Waals surface area contributed by atoms with Gasteiger partial charge in [0.15, 0.2) is 0 Å². The Morgan fingerprint density at radius 2 is 1.55 bits per heavy atom. The molecule has 0 unspecified atom stereocenters. The van der Waals surface area contributed by atoms with Gasteiger partial charge in [0.1, 0.15) is 0 Å². The van der Waals surface area contributed by atoms with Crippen molar-refractivity contribution >= 4 is 0 Å². The Balaban J connectivity index is 1.49. The van der Waals surface area contributed by atoms with E-state index in [1.165, 1.54) is 0 Å². The molecule has 0 radical (unpaired) electrons. The van der Waals surface area contributed by atoms with E-state index >= 15 is 0 Å². The standard InChI is InChI=1S/C18H17F3O/c19-18(20,21)16-8-6-14(7-9-16)15-10-17(11-15)22-12-13-4-2-1-3-5-13/h1-9,15,17H,10-12H2. The molecule has 0 saturated heterocycles. The van der Waals surface area contributed by atoms with E-state index < -0.39 is 11.7 Å². The fourth-order valence-electron chi connectivity index (χ4n) is 2.71. The second-order valence-electron chi connectivity index (χ2n) is 5.71. The Hall–Kier alpha value is -1.81. The highest BCUT2D eigenvalue weighted by Gasteiger charge is 2.33. The van der Waals surface area contributed by atoms with Crippen molar-refractivity contribution in [3.8, 4) is 0 Å². The predicted molar refractivity (Wildman–Crippen MR) is 78.4 cm³/mol. The summed E-state index contributed by atoms with van der Waals surface area (Å²) in [4.78, 5) is 0. The van der Waals surface area contributed by atoms with Crippen LogP contribution in [0.25, 0.3) is 0 Å². The molecule has 0 atom stereocenters. The lowest BCUT2D eigenvalue weighted by molar-refractivity contribution is -0.137. The summed E-state index contributed by atoms with van der Waals surface area (Å²) in [6.07, 6.45) is -2.32. The van der Waals surface area contributed by atoms with Gasteiger partial charge in [-0.05, 0) is 42.0 Å². The minimum atomic E-state index is -4.26. The summed E-state index contributed by atoms with van der Waals surface area (Å²) in [5, 5.41) is 0. The molecule has 3 rings (SSSR count). The molecule has 1 aliphatic carbocycles. The van der Waals surface area contributed by atoms with Crippen molar-refractivity contribution in [2.24, 2.45) is 0 Å². The third-order valence-corrected chi connectivity index (χ3v) is 4.13. The van der Waals surface area contributed by atoms with Crippen LogP contribution in [0.4, 0.5) is 13.2 Å². The SMILES string of the molecule is FC(F)(F)c1ccc(C2CC(OCc3ccccc3)C2)cc1. The molecule has 2 aromatic rings. The van der Waals surface area contributed by atoms with E-state index in [0.717, 1.165) is 36.1 Å². The molecule has 0 aromatic heterocycles. The fourth-order valence-corrected chi connectivity index (χ4v) is 2.71. The lowest BCUT2D eigenvalue weighted by Gasteiger charge is -2.35. The topological polar surface area (TPSA) is 9.23 Å². The maximum absolute atomic E-state index is 12.5. The highest BCUT2D eigenvalue weighted by Crippen LogP contribution is 2.40. The van der Waals surface area contributed by atoms with E-state index in [1.54, 1.807) is 12.1 Å². The van der Waals surface area contributed by atoms with E-state index in [4.69, 9.17) is 4.74 Å². The van der Waals surface area contributed by atoms with Gasteiger partial charge in [-0.3, -0.25) is 0 Å². The summed E-state index contributed by atoms with van der Waals surface area (Å²) >= 11 is 0. The molecule has 0 spiro atoms. The van der Waals surface area contributed by atoms with Gasteiger partial charge in [0.05, 0.1) is 18.3 Å². The summed E-state index contributed by atoms with van der Waals surface area (Å²) in [7, 11) is 0. The smallest absolute Gasteiger partial charge is 0.373 e. The van der Waals surface area contributed by atoms with Crippen LogP contribution in [-0.4, -0.2) is 6.10 Å². The minimum Gasteiger partial charge on any atom is -0.373 e. The van der Waals surface area contributed by atoms with Crippen LogP contribution in [0.1, 0.15) is 35.4 Å². The van der Waals surface area contributed by atoms with Crippen molar-refractivity contribution in [1.82, 2.24) is 0 Å². The highest BCUT2D eigenvalue weighted by molar-refractivity contribution is 5.28. The zero-order valence-corrected chi connectivity index (χ0v) is 12.0. The largest absolute Gasteiger partial charge is 0.416 e. The first-order valence-electron chi connectivity index (χ1n) is 7.35. The number of alkyl halides is 3. The van der Waals surface area contributed by atoms with E-state index in [1.807, 2.05) is 30.3 Å². The van der Waals surface area contributed by atoms with Crippen molar-refractivity contribution in [2.45, 2.75) is 37.6 Å². The number of hydrogen-bond acceptors (Lipinski definition) is 1. The van der Waals surface area contributed by atoms with Crippen molar-refractivity contribution < 1.29 is 17.9 Å². The first-order valence-corrected chi connectivity index (χ1v) is 7.35. The van der Waals surface area contributed by atoms with Crippen molar-refractivity contribution in [2.75, 3.05) is 0 Å². The second kappa shape index (κ2) is 6.13. The molecule has 2 aromatic carbocycles. The second-order valence-corrected chi connectivity index (χ2v) is 5.71. The van der Waals surface area contributed by atoms with Gasteiger partial charge in [-0.25, -0.2) is 0 Å². The van der Waals surface area contributed by atoms with E-state index in [2.05, 4.69) is 0 Å². The Bertz CT molecular complexity index is 598. The highest BCUT2D eigenvalue weighted by atomic mass is 19.4. The van der Waals surface area contributed by atoms with Crippen LogP contribution in [0.3, 0.4) is 0 Å². The quantitative estimate of drug-likeness (QED) is 0.757. The average molecular weight is 306 g/mol. The Kier molecular flexibility index (Phi) is 4.21. The Labute approximate surface area is 127 Å². The van der Waals surface area contributed by atoms with Gasteiger partial charge in [-0.15, -0.1) is 0 Å². The molecule has 1 saturated carbocycles. The maximum atomic E-state index is 12.5. The molecule has 0 aliphatic heterocycles. The monoisotopic (exact) mass is 306 g/mol. The molecule has 1 fully saturated rings. The van der Waals surface area contributed by atoms with Gasteiger partial charge >= 0.3 is 6.18 Å². The zero-order valence-electron chi connectivity index (χ0n) is 12.0. The molecule has 22 heavy (non-hydrogen) atoms. The van der Waals surface area contributed by atoms with Crippen molar-refractivity contribution in [3.05, 3.63) is 71.3 Å². The van der Waals surface area contributed by atoms with Crippen LogP contribution in [0.2, 0.25) is 0 Å². The van der Waals surface area contributed by atoms with Crippen LogP contribution < -0.4 is 0 Å². The maximum Gasteiger partial charge on any atom is 0.416 e. The molecule has 1 nitrogen and oxygen atoms in total. The van der Waals surface area contributed by atoms with Crippen molar-refractivity contribution in [1.29, 1.82) is 0 Å². The van der Waals surface area contributed by atoms with Gasteiger partial charge in [0, 0.05) is 0 Å². The first kappa shape index (κ1) is 15.1. The van der Waals surface area contributed by atoms with E-state index in [9.17, 15) is 13.2 Å². The van der Waals surface area contributed by atoms with Gasteiger partial charge in [0.2, 0.25) is 0 Å². The molecular formula is C18H17F3O. The van der Waals surface area contributed by atoms with Crippen LogP contribution in [0.15, 0.2) is 54.6 Å². The van der Waals surface area contributed by atoms with Crippen LogP contribution in [0.5, 0.6) is 0 Å². The summed E-state index contributed by atoms with van der Waals surface area (Å²) in [5.74, 6) is 0.308. The van der Waals surface area contributed by atoms with Gasteiger partial charge in [0.25, 0.3) is 0 Å². The summed E-state index contributed by atoms with van der Waals surface area (Å²) in [5.41, 5.74) is 1.51. The third kappa shape index (κ3) is 3.50. The zero-order chi connectivity index (χ0) is 15.6. The number of rotatable bonds is 4. The van der Waals surface area contributed by atoms with Crippen molar-refractivity contribution in [3.63, 3.8) is 0 Å². The summed E-state index contributed by atoms with van der Waals surface area (Å²) in [6.45, 7) is 0.589. The van der Waals surface area contributed by atoms with E-state index in [-0.39, 0.29) is 6.10 Å². The molecule has 0 heterocycles. The number of benzene rings is 2. The molecule has 4 heteroatoms. The Morgan fingerprint density at radius 3 is 2.14 bits per heavy atom. The summed E-state index contributed by atoms with van der Waals surface area (Å²) in [6, 6.07) is 15.4. The number of ether oxygens (including phenoxy) is 1. The third-order valence-electron chi connectivity index (χ3n) is 4.13. The number of hydrogen-bond donors (Lipinski definition) is 0. The molecule has 0 N–H and O–H groups in total. The number of halogens is 3. The van der Waals surface area contributed by atoms with Gasteiger partial charge in [-0.2, -0.15) is 13.2 Å². The van der Waals surface area contributed by atoms with Crippen LogP contribution >= 0.6 is 0 Å². The van der Waals surface area contributed by atoms with E-state index in [0.29, 0.717) is 12.5 Å². The Morgan fingerprint density at radius 1 is 0.909 bits per heavy atom. The van der Waals surface area contributed by atoms with Crippen LogP contribution in [-0.2, 0) is 17.5 Å². The normalized spacial score (nSPS) is 21.4. The fraction of sp³-hybridized carbons (Fsp3) is 0.333. The molecular weight excluding hydrogens is 289 g/mol. The molecule has 0 amide bonds. The molecule has 1 aliphatic rings. The van der Waals surface area contributed by atoms with Crippen LogP contribution in [0, 0.1) is 0 Å². The van der Waals surface area contributed by atoms with Gasteiger partial charge < -0.3 is 4.74 Å². The summed E-state index contributed by atoms with van der Waals surface area (Å²) < 4.78 is 43.4. The average Bonchev–Trinajstić information content (AvgIpc) is 2.46. The predicted octanol–water partition coefficient (Wildman–Crippen LogP) is 5.17. The minimum absolute atomic E-state index is 0.201. The van der Waals surface area contributed by atoms with Gasteiger partial charge in [-0.1, -0.05) is 42.5 Å². The first-order chi connectivity index (χ1) is 10.5. The lowest BCUT2D eigenvalue weighted by atomic mass is 9.77.